The number of carbonyl (C=O) groups is 1. The quantitative estimate of drug-likeness (QED) is 0.447. The molecule has 3 heterocycles. The number of rotatable bonds is 7. The Kier molecular flexibility index (Phi) is 7.45. The summed E-state index contributed by atoms with van der Waals surface area (Å²) in [5.41, 5.74) is -0.113. The maximum absolute atomic E-state index is 13.5. The van der Waals surface area contributed by atoms with Gasteiger partial charge in [0.05, 0.1) is 18.8 Å². The van der Waals surface area contributed by atoms with Crippen LogP contribution in [0, 0.1) is 0 Å². The predicted molar refractivity (Wildman–Crippen MR) is 122 cm³/mol. The highest BCUT2D eigenvalue weighted by atomic mass is 19.4. The van der Waals surface area contributed by atoms with Crippen LogP contribution in [0.4, 0.5) is 33.5 Å². The Morgan fingerprint density at radius 1 is 0.944 bits per heavy atom. The van der Waals surface area contributed by atoms with E-state index < -0.39 is 23.6 Å². The smallest absolute Gasteiger partial charge is 0.379 e. The third-order valence-electron chi connectivity index (χ3n) is 5.62. The van der Waals surface area contributed by atoms with Crippen LogP contribution in [0.2, 0.25) is 0 Å². The van der Waals surface area contributed by atoms with Crippen molar-refractivity contribution in [1.82, 2.24) is 14.9 Å². The number of hydrogen-bond acceptors (Lipinski definition) is 6. The van der Waals surface area contributed by atoms with E-state index in [-0.39, 0.29) is 23.2 Å². The molecule has 0 radical (unpaired) electrons. The number of hydrogen-bond donors (Lipinski definition) is 2. The second kappa shape index (κ2) is 10.5. The predicted octanol–water partition coefficient (Wildman–Crippen LogP) is 4.83. The number of ether oxygens (including phenoxy) is 1. The molecule has 1 saturated heterocycles. The van der Waals surface area contributed by atoms with E-state index in [1.165, 1.54) is 12.3 Å². The molecule has 1 aromatic carbocycles. The van der Waals surface area contributed by atoms with Crippen LogP contribution in [0.3, 0.4) is 0 Å². The van der Waals surface area contributed by atoms with Crippen LogP contribution in [0.15, 0.2) is 67.1 Å². The van der Waals surface area contributed by atoms with E-state index in [9.17, 15) is 26.7 Å². The van der Waals surface area contributed by atoms with Gasteiger partial charge in [-0.3, -0.25) is 14.7 Å². The van der Waals surface area contributed by atoms with Gasteiger partial charge in [0.25, 0.3) is 5.91 Å². The normalized spacial score (nSPS) is 15.8. The number of morpholine rings is 1. The van der Waals surface area contributed by atoms with Gasteiger partial charge in [-0.05, 0) is 42.0 Å². The standard InChI is InChI=1S/C24H22F5N5O2/c25-23(26,24(27,28)29)17-3-5-18(6-4-17)32-22(35)19-2-1-9-31-20(19)33-21(16-7-10-30-11-8-16)34-12-14-36-15-13-34/h1-11,21H,12-15H2,(H,31,33)(H,32,35). The number of amides is 1. The highest BCUT2D eigenvalue weighted by Gasteiger charge is 2.58. The van der Waals surface area contributed by atoms with E-state index >= 15 is 0 Å². The van der Waals surface area contributed by atoms with Crippen LogP contribution in [-0.2, 0) is 10.7 Å². The summed E-state index contributed by atoms with van der Waals surface area (Å²) in [5.74, 6) is -5.35. The first-order valence-electron chi connectivity index (χ1n) is 11.0. The minimum absolute atomic E-state index is 0.0513. The minimum atomic E-state index is -5.72. The van der Waals surface area contributed by atoms with E-state index in [2.05, 4.69) is 25.5 Å². The first-order chi connectivity index (χ1) is 17.2. The van der Waals surface area contributed by atoms with E-state index in [0.717, 1.165) is 17.7 Å². The van der Waals surface area contributed by atoms with Gasteiger partial charge < -0.3 is 15.4 Å². The number of nitrogens with one attached hydrogen (secondary N) is 2. The zero-order valence-electron chi connectivity index (χ0n) is 18.8. The Bertz CT molecular complexity index is 1170. The monoisotopic (exact) mass is 507 g/mol. The molecule has 0 spiro atoms. The number of nitrogens with zero attached hydrogens (tertiary/aromatic N) is 3. The van der Waals surface area contributed by atoms with Gasteiger partial charge in [-0.25, -0.2) is 4.98 Å². The van der Waals surface area contributed by atoms with Gasteiger partial charge >= 0.3 is 12.1 Å². The van der Waals surface area contributed by atoms with Crippen molar-refractivity contribution < 1.29 is 31.5 Å². The molecule has 1 aliphatic rings. The molecule has 1 amide bonds. The molecular weight excluding hydrogens is 485 g/mol. The van der Waals surface area contributed by atoms with Gasteiger partial charge in [-0.2, -0.15) is 22.0 Å². The minimum Gasteiger partial charge on any atom is -0.379 e. The highest BCUT2D eigenvalue weighted by Crippen LogP contribution is 2.44. The summed E-state index contributed by atoms with van der Waals surface area (Å²) in [5, 5.41) is 5.81. The summed E-state index contributed by atoms with van der Waals surface area (Å²) in [6.07, 6.45) is -1.25. The van der Waals surface area contributed by atoms with Gasteiger partial charge in [-0.15, -0.1) is 0 Å². The topological polar surface area (TPSA) is 79.4 Å². The zero-order chi connectivity index (χ0) is 25.8. The summed E-state index contributed by atoms with van der Waals surface area (Å²) < 4.78 is 70.4. The Labute approximate surface area is 203 Å². The van der Waals surface area contributed by atoms with Crippen molar-refractivity contribution in [1.29, 1.82) is 0 Å². The lowest BCUT2D eigenvalue weighted by Crippen LogP contribution is -2.42. The molecule has 7 nitrogen and oxygen atoms in total. The number of anilines is 2. The molecule has 4 rings (SSSR count). The molecular formula is C24H22F5N5O2. The van der Waals surface area contributed by atoms with Gasteiger partial charge in [0.2, 0.25) is 0 Å². The Balaban J connectivity index is 1.54. The van der Waals surface area contributed by atoms with Crippen LogP contribution in [0.1, 0.15) is 27.7 Å². The highest BCUT2D eigenvalue weighted by molar-refractivity contribution is 6.07. The van der Waals surface area contributed by atoms with E-state index in [4.69, 9.17) is 4.74 Å². The van der Waals surface area contributed by atoms with E-state index in [0.29, 0.717) is 38.4 Å². The second-order valence-electron chi connectivity index (χ2n) is 7.98. The summed E-state index contributed by atoms with van der Waals surface area (Å²) in [6, 6.07) is 10.0. The Hall–Kier alpha value is -3.64. The average molecular weight is 507 g/mol. The van der Waals surface area contributed by atoms with Gasteiger partial charge in [0.15, 0.2) is 0 Å². The van der Waals surface area contributed by atoms with Crippen molar-refractivity contribution in [2.45, 2.75) is 18.3 Å². The summed E-state index contributed by atoms with van der Waals surface area (Å²) in [6.45, 7) is 2.37. The number of alkyl halides is 5. The molecule has 12 heteroatoms. The van der Waals surface area contributed by atoms with Gasteiger partial charge in [-0.1, -0.05) is 12.1 Å². The van der Waals surface area contributed by atoms with E-state index in [1.54, 1.807) is 18.5 Å². The molecule has 2 aromatic heterocycles. The van der Waals surface area contributed by atoms with Crippen molar-refractivity contribution in [3.05, 3.63) is 83.8 Å². The molecule has 3 aromatic rings. The Morgan fingerprint density at radius 2 is 1.61 bits per heavy atom. The van der Waals surface area contributed by atoms with Crippen molar-refractivity contribution in [2.75, 3.05) is 36.9 Å². The van der Waals surface area contributed by atoms with Crippen LogP contribution in [-0.4, -0.2) is 53.3 Å². The first-order valence-corrected chi connectivity index (χ1v) is 11.0. The van der Waals surface area contributed by atoms with Crippen molar-refractivity contribution in [3.8, 4) is 0 Å². The number of halogens is 5. The van der Waals surface area contributed by atoms with Gasteiger partial charge in [0.1, 0.15) is 12.0 Å². The zero-order valence-corrected chi connectivity index (χ0v) is 18.8. The number of benzene rings is 1. The average Bonchev–Trinajstić information content (AvgIpc) is 2.88. The fourth-order valence-electron chi connectivity index (χ4n) is 3.72. The summed E-state index contributed by atoms with van der Waals surface area (Å²) >= 11 is 0. The van der Waals surface area contributed by atoms with Crippen LogP contribution >= 0.6 is 0 Å². The molecule has 1 unspecified atom stereocenters. The number of carbonyl (C=O) groups excluding carboxylic acids is 1. The maximum Gasteiger partial charge on any atom is 0.458 e. The molecule has 0 aliphatic carbocycles. The summed E-state index contributed by atoms with van der Waals surface area (Å²) in [4.78, 5) is 23.5. The Morgan fingerprint density at radius 3 is 2.25 bits per heavy atom. The first kappa shape index (κ1) is 25.5. The lowest BCUT2D eigenvalue weighted by atomic mass is 10.1. The summed E-state index contributed by atoms with van der Waals surface area (Å²) in [7, 11) is 0. The van der Waals surface area contributed by atoms with E-state index in [1.807, 2.05) is 12.1 Å². The molecule has 1 atom stereocenters. The molecule has 0 saturated carbocycles. The molecule has 0 bridgehead atoms. The second-order valence-corrected chi connectivity index (χ2v) is 7.98. The number of pyridine rings is 2. The third kappa shape index (κ3) is 5.60. The lowest BCUT2D eigenvalue weighted by Gasteiger charge is -2.35. The maximum atomic E-state index is 13.5. The number of aromatic nitrogens is 2. The fraction of sp³-hybridized carbons (Fsp3) is 0.292. The SMILES string of the molecule is O=C(Nc1ccc(C(F)(F)C(F)(F)F)cc1)c1cccnc1NC(c1ccncc1)N1CCOCC1. The molecule has 1 aliphatic heterocycles. The molecule has 2 N–H and O–H groups in total. The largest absolute Gasteiger partial charge is 0.458 e. The van der Waals surface area contributed by atoms with Crippen LogP contribution < -0.4 is 10.6 Å². The molecule has 190 valence electrons. The lowest BCUT2D eigenvalue weighted by molar-refractivity contribution is -0.289. The van der Waals surface area contributed by atoms with Crippen molar-refractivity contribution >= 4 is 17.4 Å². The van der Waals surface area contributed by atoms with Crippen LogP contribution in [0.25, 0.3) is 0 Å². The van der Waals surface area contributed by atoms with Crippen LogP contribution in [0.5, 0.6) is 0 Å². The fourth-order valence-corrected chi connectivity index (χ4v) is 3.72. The van der Waals surface area contributed by atoms with Crippen molar-refractivity contribution in [2.24, 2.45) is 0 Å². The third-order valence-corrected chi connectivity index (χ3v) is 5.62. The van der Waals surface area contributed by atoms with Crippen molar-refractivity contribution in [3.63, 3.8) is 0 Å². The molecule has 1 fully saturated rings. The molecule has 36 heavy (non-hydrogen) atoms. The van der Waals surface area contributed by atoms with Gasteiger partial charge in [0, 0.05) is 42.9 Å².